The van der Waals surface area contributed by atoms with Crippen LogP contribution in [0.4, 0.5) is 0 Å². The lowest BCUT2D eigenvalue weighted by Gasteiger charge is -1.97. The van der Waals surface area contributed by atoms with Crippen LogP contribution in [0.1, 0.15) is 18.7 Å². The molecule has 0 aliphatic heterocycles. The van der Waals surface area contributed by atoms with E-state index in [1.165, 1.54) is 7.11 Å². The molecule has 1 aromatic heterocycles. The Balaban J connectivity index is 2.24. The molecule has 0 aliphatic carbocycles. The standard InChI is InChI=1S/C12H14N2O4/c1-17-8-5-6-10-9(7-8)14(16)12(18-10)4-2-3-11(13)15/h5-7H,2-4H2,1H3,(H2,13,15). The number of primary amides is 1. The van der Waals surface area contributed by atoms with E-state index < -0.39 is 0 Å². The third kappa shape index (κ3) is 2.37. The van der Waals surface area contributed by atoms with Crippen LogP contribution in [-0.2, 0) is 11.2 Å². The Labute approximate surface area is 104 Å². The molecule has 0 fully saturated rings. The third-order valence-corrected chi connectivity index (χ3v) is 2.65. The lowest BCUT2D eigenvalue weighted by molar-refractivity contribution is -0.592. The molecule has 0 radical (unpaired) electrons. The average molecular weight is 250 g/mol. The van der Waals surface area contributed by atoms with E-state index in [0.717, 1.165) is 4.73 Å². The molecule has 0 unspecified atom stereocenters. The van der Waals surface area contributed by atoms with E-state index in [9.17, 15) is 10.0 Å². The fourth-order valence-electron chi connectivity index (χ4n) is 1.74. The monoisotopic (exact) mass is 250 g/mol. The van der Waals surface area contributed by atoms with Crippen LogP contribution in [-0.4, -0.2) is 13.0 Å². The summed E-state index contributed by atoms with van der Waals surface area (Å²) in [6.45, 7) is 0. The number of benzene rings is 1. The summed E-state index contributed by atoms with van der Waals surface area (Å²) in [5, 5.41) is 11.9. The van der Waals surface area contributed by atoms with E-state index in [-0.39, 0.29) is 18.2 Å². The second kappa shape index (κ2) is 4.95. The summed E-state index contributed by atoms with van der Waals surface area (Å²) in [6.07, 6.45) is 1.11. The Kier molecular flexibility index (Phi) is 3.36. The molecular formula is C12H14N2O4. The first kappa shape index (κ1) is 12.2. The van der Waals surface area contributed by atoms with Gasteiger partial charge in [-0.15, -0.1) is 4.73 Å². The topological polar surface area (TPSA) is 92.4 Å². The number of rotatable bonds is 5. The molecular weight excluding hydrogens is 236 g/mol. The van der Waals surface area contributed by atoms with Crippen LogP contribution < -0.4 is 15.2 Å². The van der Waals surface area contributed by atoms with Crippen LogP contribution in [0.3, 0.4) is 0 Å². The Morgan fingerprint density at radius 3 is 3.00 bits per heavy atom. The van der Waals surface area contributed by atoms with Gasteiger partial charge in [0.05, 0.1) is 19.6 Å². The van der Waals surface area contributed by atoms with Gasteiger partial charge in [-0.25, -0.2) is 0 Å². The molecule has 96 valence electrons. The predicted molar refractivity (Wildman–Crippen MR) is 63.9 cm³/mol. The first-order valence-corrected chi connectivity index (χ1v) is 5.59. The molecule has 0 saturated carbocycles. The highest BCUT2D eigenvalue weighted by Gasteiger charge is 2.18. The SMILES string of the molecule is COc1ccc2oc(CCCC(N)=O)[n+]([O-])c2c1. The number of ether oxygens (including phenoxy) is 1. The van der Waals surface area contributed by atoms with Crippen LogP contribution >= 0.6 is 0 Å². The number of methoxy groups -OCH3 is 1. The van der Waals surface area contributed by atoms with Crippen LogP contribution in [0.15, 0.2) is 22.6 Å². The number of nitrogens with zero attached hydrogens (tertiary/aromatic N) is 1. The van der Waals surface area contributed by atoms with Crippen LogP contribution in [0, 0.1) is 5.21 Å². The van der Waals surface area contributed by atoms with Crippen molar-refractivity contribution in [2.45, 2.75) is 19.3 Å². The molecule has 0 spiro atoms. The number of hydrogen-bond acceptors (Lipinski definition) is 4. The highest BCUT2D eigenvalue weighted by Crippen LogP contribution is 2.20. The maximum absolute atomic E-state index is 11.9. The van der Waals surface area contributed by atoms with Crippen molar-refractivity contribution in [1.82, 2.24) is 0 Å². The summed E-state index contributed by atoms with van der Waals surface area (Å²) in [5.41, 5.74) is 5.96. The highest BCUT2D eigenvalue weighted by molar-refractivity contribution is 5.73. The number of hydrogen-bond donors (Lipinski definition) is 1. The van der Waals surface area contributed by atoms with Gasteiger partial charge in [0.15, 0.2) is 0 Å². The van der Waals surface area contributed by atoms with Crippen molar-refractivity contribution >= 4 is 17.0 Å². The molecule has 2 rings (SSSR count). The van der Waals surface area contributed by atoms with Gasteiger partial charge in [-0.2, -0.15) is 0 Å². The van der Waals surface area contributed by atoms with Crippen LogP contribution in [0.25, 0.3) is 11.1 Å². The largest absolute Gasteiger partial charge is 0.616 e. The van der Waals surface area contributed by atoms with Crippen molar-refractivity contribution < 1.29 is 18.7 Å². The zero-order chi connectivity index (χ0) is 13.1. The number of oxazole rings is 1. The molecule has 1 aromatic carbocycles. The molecule has 0 aliphatic rings. The minimum atomic E-state index is -0.384. The molecule has 0 bridgehead atoms. The van der Waals surface area contributed by atoms with Crippen molar-refractivity contribution in [3.8, 4) is 5.75 Å². The molecule has 1 heterocycles. The second-order valence-corrected chi connectivity index (χ2v) is 3.94. The molecule has 1 amide bonds. The van der Waals surface area contributed by atoms with Crippen molar-refractivity contribution in [2.24, 2.45) is 5.73 Å². The van der Waals surface area contributed by atoms with E-state index in [1.54, 1.807) is 18.2 Å². The first-order chi connectivity index (χ1) is 8.61. The second-order valence-electron chi connectivity index (χ2n) is 3.94. The minimum Gasteiger partial charge on any atom is -0.616 e. The quantitative estimate of drug-likeness (QED) is 0.629. The molecule has 0 saturated heterocycles. The minimum absolute atomic E-state index is 0.236. The first-order valence-electron chi connectivity index (χ1n) is 5.59. The van der Waals surface area contributed by atoms with Gasteiger partial charge in [-0.05, 0) is 18.6 Å². The fourth-order valence-corrected chi connectivity index (χ4v) is 1.74. The number of aromatic nitrogens is 1. The van der Waals surface area contributed by atoms with Gasteiger partial charge in [-0.1, -0.05) is 0 Å². The molecule has 6 heteroatoms. The molecule has 2 aromatic rings. The van der Waals surface area contributed by atoms with Gasteiger partial charge in [0, 0.05) is 6.42 Å². The van der Waals surface area contributed by atoms with Gasteiger partial charge in [-0.3, -0.25) is 4.79 Å². The van der Waals surface area contributed by atoms with Crippen molar-refractivity contribution in [1.29, 1.82) is 0 Å². The van der Waals surface area contributed by atoms with Gasteiger partial charge in [0.25, 0.3) is 5.52 Å². The number of amides is 1. The molecule has 18 heavy (non-hydrogen) atoms. The Hall–Kier alpha value is -2.24. The van der Waals surface area contributed by atoms with Gasteiger partial charge in [0.1, 0.15) is 5.75 Å². The smallest absolute Gasteiger partial charge is 0.359 e. The maximum Gasteiger partial charge on any atom is 0.359 e. The van der Waals surface area contributed by atoms with Crippen LogP contribution in [0.2, 0.25) is 0 Å². The van der Waals surface area contributed by atoms with E-state index in [4.69, 9.17) is 14.9 Å². The maximum atomic E-state index is 11.9. The molecule has 2 N–H and O–H groups in total. The summed E-state index contributed by atoms with van der Waals surface area (Å²) in [6, 6.07) is 5.02. The van der Waals surface area contributed by atoms with E-state index >= 15 is 0 Å². The Morgan fingerprint density at radius 2 is 2.33 bits per heavy atom. The van der Waals surface area contributed by atoms with Gasteiger partial charge >= 0.3 is 5.89 Å². The third-order valence-electron chi connectivity index (χ3n) is 2.65. The normalized spacial score (nSPS) is 10.7. The Bertz CT molecular complexity index is 577. The lowest BCUT2D eigenvalue weighted by Crippen LogP contribution is -2.29. The van der Waals surface area contributed by atoms with Crippen LogP contribution in [0.5, 0.6) is 5.75 Å². The molecule has 0 atom stereocenters. The van der Waals surface area contributed by atoms with Crippen molar-refractivity contribution in [2.75, 3.05) is 7.11 Å². The Morgan fingerprint density at radius 1 is 1.56 bits per heavy atom. The van der Waals surface area contributed by atoms with Crippen molar-refractivity contribution in [3.05, 3.63) is 29.3 Å². The van der Waals surface area contributed by atoms with E-state index in [2.05, 4.69) is 0 Å². The molecule has 6 nitrogen and oxygen atoms in total. The average Bonchev–Trinajstić information content (AvgIpc) is 2.66. The number of carbonyl (C=O) groups is 1. The summed E-state index contributed by atoms with van der Waals surface area (Å²) >= 11 is 0. The van der Waals surface area contributed by atoms with Crippen molar-refractivity contribution in [3.63, 3.8) is 0 Å². The number of nitrogens with two attached hydrogens (primary N) is 1. The van der Waals surface area contributed by atoms with Gasteiger partial charge < -0.3 is 20.1 Å². The fraction of sp³-hybridized carbons (Fsp3) is 0.333. The van der Waals surface area contributed by atoms with E-state index in [0.29, 0.717) is 29.7 Å². The van der Waals surface area contributed by atoms with E-state index in [1.807, 2.05) is 0 Å². The number of fused-ring (bicyclic) bond motifs is 1. The number of aryl methyl sites for hydroxylation is 1. The number of carbonyl (C=O) groups excluding carboxylic acids is 1. The lowest BCUT2D eigenvalue weighted by atomic mass is 10.2. The van der Waals surface area contributed by atoms with Gasteiger partial charge in [0.2, 0.25) is 11.5 Å². The zero-order valence-electron chi connectivity index (χ0n) is 10.0. The summed E-state index contributed by atoms with van der Waals surface area (Å²) in [5.74, 6) is 0.487. The summed E-state index contributed by atoms with van der Waals surface area (Å²) in [4.78, 5) is 10.6. The summed E-state index contributed by atoms with van der Waals surface area (Å²) in [7, 11) is 1.53. The predicted octanol–water partition coefficient (Wildman–Crippen LogP) is 0.883. The summed E-state index contributed by atoms with van der Waals surface area (Å²) < 4.78 is 11.2. The zero-order valence-corrected chi connectivity index (χ0v) is 10.0. The highest BCUT2D eigenvalue weighted by atomic mass is 16.5.